The van der Waals surface area contributed by atoms with E-state index >= 15 is 0 Å². The predicted octanol–water partition coefficient (Wildman–Crippen LogP) is 14.8. The molecule has 4 heteroatoms. The van der Waals surface area contributed by atoms with Crippen molar-refractivity contribution < 1.29 is 0 Å². The third-order valence-electron chi connectivity index (χ3n) is 11.9. The summed E-state index contributed by atoms with van der Waals surface area (Å²) in [4.78, 5) is 15.4. The molecule has 61 heavy (non-hydrogen) atoms. The van der Waals surface area contributed by atoms with Crippen molar-refractivity contribution in [1.29, 1.82) is 0 Å². The van der Waals surface area contributed by atoms with Crippen LogP contribution < -0.4 is 0 Å². The largest absolute Gasteiger partial charge is 0.309 e. The topological polar surface area (TPSA) is 43.6 Å². The number of nitrogens with zero attached hydrogens (tertiary/aromatic N) is 4. The van der Waals surface area contributed by atoms with E-state index < -0.39 is 0 Å². The maximum Gasteiger partial charge on any atom is 0.160 e. The Kier molecular flexibility index (Phi) is 8.13. The van der Waals surface area contributed by atoms with Gasteiger partial charge < -0.3 is 4.57 Å². The van der Waals surface area contributed by atoms with Crippen molar-refractivity contribution in [2.75, 3.05) is 0 Å². The minimum Gasteiger partial charge on any atom is -0.309 e. The van der Waals surface area contributed by atoms with Gasteiger partial charge in [-0.1, -0.05) is 176 Å². The van der Waals surface area contributed by atoms with E-state index in [0.717, 1.165) is 83.3 Å². The lowest BCUT2D eigenvalue weighted by Gasteiger charge is -2.14. The number of para-hydroxylation sites is 2. The molecule has 0 saturated carbocycles. The molecular weight excluding hydrogens is 741 g/mol. The first-order valence-electron chi connectivity index (χ1n) is 20.7. The molecule has 284 valence electrons. The summed E-state index contributed by atoms with van der Waals surface area (Å²) >= 11 is 0. The van der Waals surface area contributed by atoms with Crippen LogP contribution in [0.3, 0.4) is 0 Å². The first-order chi connectivity index (χ1) is 30.2. The normalized spacial score (nSPS) is 11.6. The summed E-state index contributed by atoms with van der Waals surface area (Å²) in [6.07, 6.45) is 0. The summed E-state index contributed by atoms with van der Waals surface area (Å²) in [5.74, 6) is 0.709. The fourth-order valence-electron chi connectivity index (χ4n) is 9.03. The second-order valence-corrected chi connectivity index (χ2v) is 15.6. The molecule has 0 saturated heterocycles. The zero-order valence-electron chi connectivity index (χ0n) is 33.1. The number of hydrogen-bond acceptors (Lipinski definition) is 3. The lowest BCUT2D eigenvalue weighted by atomic mass is 9.96. The average molecular weight is 777 g/mol. The maximum absolute atomic E-state index is 5.26. The Labute approximate surface area is 352 Å². The van der Waals surface area contributed by atoms with Crippen LogP contribution in [0.4, 0.5) is 0 Å². The first kappa shape index (κ1) is 34.8. The molecule has 0 aliphatic heterocycles. The Hall–Kier alpha value is -8.21. The smallest absolute Gasteiger partial charge is 0.160 e. The maximum atomic E-state index is 5.26. The van der Waals surface area contributed by atoms with Gasteiger partial charge in [0.1, 0.15) is 0 Å². The van der Waals surface area contributed by atoms with Crippen molar-refractivity contribution in [1.82, 2.24) is 19.5 Å². The van der Waals surface area contributed by atoms with Gasteiger partial charge in [-0.05, 0) is 64.4 Å². The van der Waals surface area contributed by atoms with Crippen molar-refractivity contribution >= 4 is 54.3 Å². The molecule has 0 aliphatic carbocycles. The highest BCUT2D eigenvalue weighted by atomic mass is 15.0. The molecule has 3 aromatic heterocycles. The van der Waals surface area contributed by atoms with Gasteiger partial charge in [0.2, 0.25) is 0 Å². The van der Waals surface area contributed by atoms with Crippen LogP contribution in [0.2, 0.25) is 0 Å². The standard InChI is InChI=1S/C57H36N4/c1-5-15-38(16-6-1)51-36-52(60-57(59-51)40-19-9-3-10-20-40)43-28-26-37-25-27-41(33-44(37)34-43)42-29-30-46-47-31-32-49-54(56(47)61(53(46)35-42)45-21-11-4-12-22-45)48-23-13-14-24-50(48)58-55(49)39-17-7-2-8-18-39/h1-36H. The van der Waals surface area contributed by atoms with Crippen molar-refractivity contribution in [2.24, 2.45) is 0 Å². The Morgan fingerprint density at radius 3 is 1.64 bits per heavy atom. The van der Waals surface area contributed by atoms with E-state index in [1.165, 1.54) is 27.1 Å². The number of fused-ring (bicyclic) bond motifs is 8. The number of pyridine rings is 1. The van der Waals surface area contributed by atoms with E-state index in [-0.39, 0.29) is 0 Å². The van der Waals surface area contributed by atoms with Crippen LogP contribution in [-0.4, -0.2) is 19.5 Å². The van der Waals surface area contributed by atoms with Crippen LogP contribution in [0, 0.1) is 0 Å². The molecule has 4 nitrogen and oxygen atoms in total. The lowest BCUT2D eigenvalue weighted by molar-refractivity contribution is 1.18. The van der Waals surface area contributed by atoms with E-state index in [9.17, 15) is 0 Å². The molecule has 0 amide bonds. The Balaban J connectivity index is 1.05. The lowest BCUT2D eigenvalue weighted by Crippen LogP contribution is -1.96. The first-order valence-corrected chi connectivity index (χ1v) is 20.7. The number of hydrogen-bond donors (Lipinski definition) is 0. The number of aromatic nitrogens is 4. The van der Waals surface area contributed by atoms with Gasteiger partial charge in [-0.15, -0.1) is 0 Å². The monoisotopic (exact) mass is 776 g/mol. The molecular formula is C57H36N4. The summed E-state index contributed by atoms with van der Waals surface area (Å²) in [5, 5.41) is 8.24. The van der Waals surface area contributed by atoms with E-state index in [2.05, 4.69) is 199 Å². The number of benzene rings is 9. The van der Waals surface area contributed by atoms with Crippen molar-refractivity contribution in [3.05, 3.63) is 218 Å². The third kappa shape index (κ3) is 5.96. The molecule has 0 bridgehead atoms. The van der Waals surface area contributed by atoms with Gasteiger partial charge in [-0.3, -0.25) is 0 Å². The molecule has 0 atom stereocenters. The second kappa shape index (κ2) is 14.3. The van der Waals surface area contributed by atoms with Gasteiger partial charge in [0, 0.05) is 54.9 Å². The van der Waals surface area contributed by atoms with Gasteiger partial charge in [-0.2, -0.15) is 0 Å². The van der Waals surface area contributed by atoms with Crippen LogP contribution >= 0.6 is 0 Å². The quantitative estimate of drug-likeness (QED) is 0.158. The van der Waals surface area contributed by atoms with Gasteiger partial charge >= 0.3 is 0 Å². The minimum absolute atomic E-state index is 0.709. The van der Waals surface area contributed by atoms with Gasteiger partial charge in [0.15, 0.2) is 5.82 Å². The molecule has 12 aromatic rings. The van der Waals surface area contributed by atoms with E-state index in [0.29, 0.717) is 5.82 Å². The van der Waals surface area contributed by atoms with E-state index in [1.807, 2.05) is 24.3 Å². The summed E-state index contributed by atoms with van der Waals surface area (Å²) in [5.41, 5.74) is 13.7. The van der Waals surface area contributed by atoms with Crippen LogP contribution in [-0.2, 0) is 0 Å². The van der Waals surface area contributed by atoms with Crippen molar-refractivity contribution in [3.63, 3.8) is 0 Å². The molecule has 0 aliphatic rings. The van der Waals surface area contributed by atoms with Crippen molar-refractivity contribution in [2.45, 2.75) is 0 Å². The Bertz CT molecular complexity index is 3560. The summed E-state index contributed by atoms with van der Waals surface area (Å²) in [6.45, 7) is 0. The highest BCUT2D eigenvalue weighted by Crippen LogP contribution is 2.43. The molecule has 0 radical (unpaired) electrons. The fourth-order valence-corrected chi connectivity index (χ4v) is 9.03. The SMILES string of the molecule is c1ccc(-c2cc(-c3ccc4ccc(-c5ccc6c7ccc8c(-c9ccccc9)nc9ccccc9c8c7n(-c7ccccc7)c6c5)cc4c3)nc(-c3ccccc3)n2)cc1. The van der Waals surface area contributed by atoms with Crippen LogP contribution in [0.1, 0.15) is 0 Å². The molecule has 0 unspecified atom stereocenters. The summed E-state index contributed by atoms with van der Waals surface area (Å²) < 4.78 is 2.46. The fraction of sp³-hybridized carbons (Fsp3) is 0. The van der Waals surface area contributed by atoms with Crippen LogP contribution in [0.15, 0.2) is 218 Å². The predicted molar refractivity (Wildman–Crippen MR) is 254 cm³/mol. The summed E-state index contributed by atoms with van der Waals surface area (Å²) in [6, 6.07) is 77.5. The van der Waals surface area contributed by atoms with Gasteiger partial charge in [0.05, 0.1) is 33.6 Å². The third-order valence-corrected chi connectivity index (χ3v) is 11.9. The average Bonchev–Trinajstić information content (AvgIpc) is 3.68. The molecule has 12 rings (SSSR count). The second-order valence-electron chi connectivity index (χ2n) is 15.6. The Morgan fingerprint density at radius 2 is 0.885 bits per heavy atom. The van der Waals surface area contributed by atoms with E-state index in [1.54, 1.807) is 0 Å². The zero-order valence-corrected chi connectivity index (χ0v) is 33.1. The number of rotatable bonds is 6. The molecule has 0 fully saturated rings. The Morgan fingerprint density at radius 1 is 0.328 bits per heavy atom. The van der Waals surface area contributed by atoms with Crippen LogP contribution in [0.25, 0.3) is 116 Å². The van der Waals surface area contributed by atoms with Crippen LogP contribution in [0.5, 0.6) is 0 Å². The highest BCUT2D eigenvalue weighted by molar-refractivity contribution is 6.27. The molecule has 0 N–H and O–H groups in total. The zero-order chi connectivity index (χ0) is 40.3. The van der Waals surface area contributed by atoms with Crippen molar-refractivity contribution in [3.8, 4) is 62.0 Å². The minimum atomic E-state index is 0.709. The summed E-state index contributed by atoms with van der Waals surface area (Å²) in [7, 11) is 0. The molecule has 9 aromatic carbocycles. The van der Waals surface area contributed by atoms with Gasteiger partial charge in [0.25, 0.3) is 0 Å². The van der Waals surface area contributed by atoms with Gasteiger partial charge in [-0.25, -0.2) is 15.0 Å². The van der Waals surface area contributed by atoms with E-state index in [4.69, 9.17) is 15.0 Å². The molecule has 3 heterocycles. The molecule has 0 spiro atoms. The highest BCUT2D eigenvalue weighted by Gasteiger charge is 2.20.